The number of carbonyl (C=O) groups excluding carboxylic acids is 1. The number of nitrogens with one attached hydrogen (secondary N) is 1. The van der Waals surface area contributed by atoms with Crippen molar-refractivity contribution in [2.75, 3.05) is 47.5 Å². The van der Waals surface area contributed by atoms with E-state index in [0.717, 1.165) is 18.8 Å². The van der Waals surface area contributed by atoms with Crippen molar-refractivity contribution in [1.82, 2.24) is 5.32 Å². The van der Waals surface area contributed by atoms with Gasteiger partial charge in [0.25, 0.3) is 0 Å². The monoisotopic (exact) mass is 353 g/mol. The van der Waals surface area contributed by atoms with Crippen molar-refractivity contribution >= 4 is 34.4 Å². The third-order valence-electron chi connectivity index (χ3n) is 4.06. The van der Waals surface area contributed by atoms with Gasteiger partial charge >= 0.3 is 12.2 Å². The molecule has 0 aromatic heterocycles. The number of anilines is 2. The molecule has 1 aromatic carbocycles. The zero-order chi connectivity index (χ0) is 17.1. The molecule has 8 nitrogen and oxygen atoms in total. The van der Waals surface area contributed by atoms with Gasteiger partial charge in [0.1, 0.15) is 6.10 Å². The number of nitrogens with zero attached hydrogens (tertiary/aromatic N) is 2. The van der Waals surface area contributed by atoms with E-state index in [0.29, 0.717) is 23.7 Å². The normalized spacial score (nSPS) is 21.7. The van der Waals surface area contributed by atoms with Crippen LogP contribution in [0, 0.1) is 0 Å². The summed E-state index contributed by atoms with van der Waals surface area (Å²) in [6.07, 6.45) is -2.12. The third-order valence-corrected chi connectivity index (χ3v) is 5.34. The number of hydrogen-bond donors (Lipinski definition) is 2. The van der Waals surface area contributed by atoms with Crippen LogP contribution in [0.25, 0.3) is 0 Å². The van der Waals surface area contributed by atoms with E-state index in [1.54, 1.807) is 0 Å². The highest BCUT2D eigenvalue weighted by Crippen LogP contribution is 2.25. The number of ether oxygens (including phenoxy) is 1. The van der Waals surface area contributed by atoms with Gasteiger partial charge in [-0.2, -0.15) is 0 Å². The molecule has 1 atom stereocenters. The summed E-state index contributed by atoms with van der Waals surface area (Å²) in [6, 6.07) is 7.55. The molecule has 9 heteroatoms. The second-order valence-corrected chi connectivity index (χ2v) is 7.35. The minimum absolute atomic E-state index is 0.0700. The van der Waals surface area contributed by atoms with Gasteiger partial charge in [0, 0.05) is 46.8 Å². The second kappa shape index (κ2) is 7.08. The van der Waals surface area contributed by atoms with Crippen molar-refractivity contribution in [1.29, 1.82) is 0 Å². The summed E-state index contributed by atoms with van der Waals surface area (Å²) in [7, 11) is -0.714. The van der Waals surface area contributed by atoms with Gasteiger partial charge in [-0.3, -0.25) is 9.11 Å². The molecule has 2 amide bonds. The zero-order valence-corrected chi connectivity index (χ0v) is 13.8. The van der Waals surface area contributed by atoms with Gasteiger partial charge in [0.2, 0.25) is 0 Å². The maximum absolute atomic E-state index is 11.9. The molecule has 0 bridgehead atoms. The minimum atomic E-state index is -1.14. The topological polar surface area (TPSA) is 99.2 Å². The van der Waals surface area contributed by atoms with E-state index in [1.807, 2.05) is 24.3 Å². The molecule has 2 fully saturated rings. The first-order chi connectivity index (χ1) is 11.5. The lowest BCUT2D eigenvalue weighted by atomic mass is 10.2. The molecule has 0 saturated carbocycles. The minimum Gasteiger partial charge on any atom is -0.465 e. The fourth-order valence-electron chi connectivity index (χ4n) is 2.78. The lowest BCUT2D eigenvalue weighted by molar-refractivity contribution is 0.136. The van der Waals surface area contributed by atoms with Crippen LogP contribution in [0.3, 0.4) is 0 Å². The Morgan fingerprint density at radius 2 is 1.88 bits per heavy atom. The Morgan fingerprint density at radius 3 is 2.50 bits per heavy atom. The number of amides is 2. The molecule has 2 aliphatic rings. The van der Waals surface area contributed by atoms with Crippen LogP contribution in [-0.4, -0.2) is 65.3 Å². The summed E-state index contributed by atoms with van der Waals surface area (Å²) in [6.45, 7) is 1.91. The maximum atomic E-state index is 11.9. The highest BCUT2D eigenvalue weighted by Gasteiger charge is 2.32. The Bertz CT molecular complexity index is 641. The number of benzene rings is 1. The van der Waals surface area contributed by atoms with Crippen LogP contribution in [0.4, 0.5) is 21.0 Å². The summed E-state index contributed by atoms with van der Waals surface area (Å²) in [5.41, 5.74) is 1.74. The molecular weight excluding hydrogens is 334 g/mol. The highest BCUT2D eigenvalue weighted by atomic mass is 32.2. The van der Waals surface area contributed by atoms with Crippen molar-refractivity contribution in [3.05, 3.63) is 24.3 Å². The van der Waals surface area contributed by atoms with Crippen LogP contribution in [0.15, 0.2) is 24.3 Å². The van der Waals surface area contributed by atoms with Crippen molar-refractivity contribution in [2.45, 2.75) is 6.10 Å². The van der Waals surface area contributed by atoms with Crippen LogP contribution in [0.1, 0.15) is 0 Å². The first kappa shape index (κ1) is 16.6. The molecule has 2 heterocycles. The third kappa shape index (κ3) is 3.78. The van der Waals surface area contributed by atoms with Gasteiger partial charge in [-0.15, -0.1) is 0 Å². The van der Waals surface area contributed by atoms with Crippen molar-refractivity contribution in [3.8, 4) is 0 Å². The number of rotatable bonds is 4. The zero-order valence-electron chi connectivity index (χ0n) is 13.0. The Kier molecular flexibility index (Phi) is 4.89. The lowest BCUT2D eigenvalue weighted by Crippen LogP contribution is -2.37. The Labute approximate surface area is 141 Å². The van der Waals surface area contributed by atoms with E-state index in [1.165, 1.54) is 4.90 Å². The first-order valence-electron chi connectivity index (χ1n) is 7.68. The standard InChI is InChI=1S/C15H19N3O5S/c19-14(20)16-9-13-10-18(15(21)23-13)12-3-1-11(2-4-12)17-5-7-24(22)8-6-17/h1-4,13,16H,5-10H2,(H,19,20)/t13-/m0/s1. The van der Waals surface area contributed by atoms with E-state index < -0.39 is 29.1 Å². The SMILES string of the molecule is O=C(O)NC[C@H]1CN(c2ccc(N3CCS(=O)CC3)cc2)C(=O)O1. The Hall–Kier alpha value is -2.29. The molecular formula is C15H19N3O5S. The molecule has 130 valence electrons. The molecule has 0 radical (unpaired) electrons. The van der Waals surface area contributed by atoms with Gasteiger partial charge in [0.15, 0.2) is 0 Å². The van der Waals surface area contributed by atoms with Crippen LogP contribution >= 0.6 is 0 Å². The van der Waals surface area contributed by atoms with E-state index >= 15 is 0 Å². The number of carboxylic acid groups (broad SMARTS) is 1. The Morgan fingerprint density at radius 1 is 1.25 bits per heavy atom. The average molecular weight is 353 g/mol. The van der Waals surface area contributed by atoms with Gasteiger partial charge in [-0.05, 0) is 24.3 Å². The van der Waals surface area contributed by atoms with E-state index in [-0.39, 0.29) is 6.54 Å². The van der Waals surface area contributed by atoms with E-state index in [9.17, 15) is 13.8 Å². The van der Waals surface area contributed by atoms with Crippen molar-refractivity contribution < 1.29 is 23.6 Å². The molecule has 2 saturated heterocycles. The first-order valence-corrected chi connectivity index (χ1v) is 9.16. The predicted molar refractivity (Wildman–Crippen MR) is 90.2 cm³/mol. The van der Waals surface area contributed by atoms with Gasteiger partial charge < -0.3 is 20.1 Å². The molecule has 2 aliphatic heterocycles. The van der Waals surface area contributed by atoms with Crippen LogP contribution < -0.4 is 15.1 Å². The van der Waals surface area contributed by atoms with Crippen LogP contribution in [0.2, 0.25) is 0 Å². The summed E-state index contributed by atoms with van der Waals surface area (Å²) in [5.74, 6) is 1.36. The highest BCUT2D eigenvalue weighted by molar-refractivity contribution is 7.85. The molecule has 3 rings (SSSR count). The molecule has 0 unspecified atom stereocenters. The van der Waals surface area contributed by atoms with Crippen LogP contribution in [-0.2, 0) is 15.5 Å². The summed E-state index contributed by atoms with van der Waals surface area (Å²) < 4.78 is 16.6. The van der Waals surface area contributed by atoms with Gasteiger partial charge in [-0.25, -0.2) is 9.59 Å². The summed E-state index contributed by atoms with van der Waals surface area (Å²) >= 11 is 0. The van der Waals surface area contributed by atoms with Gasteiger partial charge in [0.05, 0.1) is 13.1 Å². The molecule has 24 heavy (non-hydrogen) atoms. The predicted octanol–water partition coefficient (Wildman–Crippen LogP) is 0.848. The summed E-state index contributed by atoms with van der Waals surface area (Å²) in [5, 5.41) is 10.8. The number of carbonyl (C=O) groups is 2. The second-order valence-electron chi connectivity index (χ2n) is 5.65. The van der Waals surface area contributed by atoms with E-state index in [4.69, 9.17) is 9.84 Å². The van der Waals surface area contributed by atoms with Gasteiger partial charge in [-0.1, -0.05) is 0 Å². The molecule has 2 N–H and O–H groups in total. The molecule has 0 spiro atoms. The van der Waals surface area contributed by atoms with Crippen molar-refractivity contribution in [3.63, 3.8) is 0 Å². The quantitative estimate of drug-likeness (QED) is 0.832. The average Bonchev–Trinajstić information content (AvgIpc) is 2.95. The number of hydrogen-bond acceptors (Lipinski definition) is 5. The fraction of sp³-hybridized carbons (Fsp3) is 0.467. The van der Waals surface area contributed by atoms with E-state index in [2.05, 4.69) is 10.2 Å². The van der Waals surface area contributed by atoms with Crippen molar-refractivity contribution in [2.24, 2.45) is 0 Å². The molecule has 0 aliphatic carbocycles. The molecule has 1 aromatic rings. The smallest absolute Gasteiger partial charge is 0.414 e. The maximum Gasteiger partial charge on any atom is 0.414 e. The van der Waals surface area contributed by atoms with Crippen LogP contribution in [0.5, 0.6) is 0 Å². The lowest BCUT2D eigenvalue weighted by Gasteiger charge is -2.28. The largest absolute Gasteiger partial charge is 0.465 e. The summed E-state index contributed by atoms with van der Waals surface area (Å²) in [4.78, 5) is 26.1. The fourth-order valence-corrected chi connectivity index (χ4v) is 3.83. The Balaban J connectivity index is 1.62. The number of cyclic esters (lactones) is 1.